The maximum Gasteiger partial charge on any atom is 0.328 e. The molecule has 5 rings (SSSR count). The number of hydrogen-bond donors (Lipinski definition) is 1. The number of carboxylic acid groups (broad SMARTS) is 1. The van der Waals surface area contributed by atoms with Gasteiger partial charge in [-0.15, -0.1) is 0 Å². The molecule has 1 aliphatic heterocycles. The largest absolute Gasteiger partial charge is 0.478 e. The second-order valence-corrected chi connectivity index (χ2v) is 11.2. The molecule has 0 saturated heterocycles. The van der Waals surface area contributed by atoms with E-state index in [-0.39, 0.29) is 23.7 Å². The van der Waals surface area contributed by atoms with Crippen molar-refractivity contribution >= 4 is 12.0 Å². The Morgan fingerprint density at radius 1 is 1.07 bits per heavy atom. The van der Waals surface area contributed by atoms with E-state index in [2.05, 4.69) is 10.1 Å². The molecule has 0 aliphatic carbocycles. The number of aliphatic carboxylic acids is 1. The SMILES string of the molecule is C[C@H]1Cc2cc(-c3ccc(-c4cnn(C)c4)nc3)ccc2[C@H](c2c(F)cc(/C=C/C(=O)O)cc2F)N1CC(C)(C)F. The number of rotatable bonds is 7. The highest BCUT2D eigenvalue weighted by atomic mass is 19.1. The Labute approximate surface area is 236 Å². The Hall–Kier alpha value is -4.24. The average Bonchev–Trinajstić information content (AvgIpc) is 3.34. The van der Waals surface area contributed by atoms with Gasteiger partial charge in [-0.2, -0.15) is 5.10 Å². The summed E-state index contributed by atoms with van der Waals surface area (Å²) in [6, 6.07) is 10.8. The van der Waals surface area contributed by atoms with Crippen LogP contribution in [0.15, 0.2) is 67.1 Å². The van der Waals surface area contributed by atoms with Gasteiger partial charge in [0.15, 0.2) is 0 Å². The monoisotopic (exact) mass is 560 g/mol. The second-order valence-electron chi connectivity index (χ2n) is 11.2. The standard InChI is InChI=1S/C32H31F3N4O2/c1-19-11-23-14-21(22-7-9-28(36-15-22)24-16-37-38(4)17-24)6-8-25(23)31(39(19)18-32(2,3)35)30-26(33)12-20(13-27(30)34)5-10-29(40)41/h5-10,12-17,19,31H,11,18H2,1-4H3,(H,40,41)/b10-5+/t19-,31+/m0/s1. The van der Waals surface area contributed by atoms with E-state index in [9.17, 15) is 9.18 Å². The summed E-state index contributed by atoms with van der Waals surface area (Å²) >= 11 is 0. The fourth-order valence-corrected chi connectivity index (χ4v) is 5.52. The fourth-order valence-electron chi connectivity index (χ4n) is 5.52. The van der Waals surface area contributed by atoms with Gasteiger partial charge in [0.05, 0.1) is 17.9 Å². The van der Waals surface area contributed by atoms with Gasteiger partial charge in [0, 0.05) is 54.8 Å². The van der Waals surface area contributed by atoms with Gasteiger partial charge in [-0.05, 0) is 73.7 Å². The average molecular weight is 561 g/mol. The lowest BCUT2D eigenvalue weighted by molar-refractivity contribution is -0.131. The summed E-state index contributed by atoms with van der Waals surface area (Å²) < 4.78 is 47.9. The van der Waals surface area contributed by atoms with Crippen LogP contribution in [0.25, 0.3) is 28.5 Å². The Balaban J connectivity index is 1.57. The van der Waals surface area contributed by atoms with Crippen LogP contribution < -0.4 is 0 Å². The third kappa shape index (κ3) is 6.10. The zero-order valence-corrected chi connectivity index (χ0v) is 23.3. The summed E-state index contributed by atoms with van der Waals surface area (Å²) in [5.74, 6) is -2.86. The van der Waals surface area contributed by atoms with Crippen LogP contribution in [-0.4, -0.2) is 49.0 Å². The first-order valence-corrected chi connectivity index (χ1v) is 13.3. The molecule has 212 valence electrons. The van der Waals surface area contributed by atoms with E-state index < -0.39 is 29.3 Å². The molecule has 2 aromatic heterocycles. The van der Waals surface area contributed by atoms with E-state index in [4.69, 9.17) is 5.11 Å². The molecule has 2 aromatic carbocycles. The molecule has 6 nitrogen and oxygen atoms in total. The molecule has 0 amide bonds. The topological polar surface area (TPSA) is 71.2 Å². The molecular formula is C32H31F3N4O2. The van der Waals surface area contributed by atoms with Crippen molar-refractivity contribution in [1.82, 2.24) is 19.7 Å². The Morgan fingerprint density at radius 2 is 1.78 bits per heavy atom. The Bertz CT molecular complexity index is 1600. The van der Waals surface area contributed by atoms with Crippen molar-refractivity contribution < 1.29 is 23.1 Å². The number of benzene rings is 2. The first-order valence-electron chi connectivity index (χ1n) is 13.3. The van der Waals surface area contributed by atoms with Crippen LogP contribution in [0.3, 0.4) is 0 Å². The van der Waals surface area contributed by atoms with Crippen molar-refractivity contribution in [3.05, 3.63) is 101 Å². The van der Waals surface area contributed by atoms with Crippen LogP contribution in [0.4, 0.5) is 13.2 Å². The van der Waals surface area contributed by atoms with E-state index in [1.54, 1.807) is 22.0 Å². The number of aryl methyl sites for hydroxylation is 1. The molecule has 4 aromatic rings. The first-order chi connectivity index (χ1) is 19.4. The minimum absolute atomic E-state index is 0.0285. The molecule has 0 radical (unpaired) electrons. The normalized spacial score (nSPS) is 17.6. The van der Waals surface area contributed by atoms with Gasteiger partial charge in [-0.3, -0.25) is 14.6 Å². The van der Waals surface area contributed by atoms with Crippen molar-refractivity contribution in [2.75, 3.05) is 6.54 Å². The van der Waals surface area contributed by atoms with Crippen LogP contribution in [0.1, 0.15) is 49.1 Å². The van der Waals surface area contributed by atoms with Gasteiger partial charge in [0.2, 0.25) is 0 Å². The molecule has 0 saturated carbocycles. The maximum atomic E-state index is 15.6. The Morgan fingerprint density at radius 3 is 2.37 bits per heavy atom. The molecule has 0 spiro atoms. The quantitative estimate of drug-likeness (QED) is 0.258. The molecule has 0 fully saturated rings. The van der Waals surface area contributed by atoms with Crippen LogP contribution >= 0.6 is 0 Å². The number of pyridine rings is 1. The smallest absolute Gasteiger partial charge is 0.328 e. The van der Waals surface area contributed by atoms with Crippen molar-refractivity contribution in [2.45, 2.75) is 44.9 Å². The number of aromatic nitrogens is 3. The van der Waals surface area contributed by atoms with E-state index in [1.807, 2.05) is 50.5 Å². The van der Waals surface area contributed by atoms with E-state index >= 15 is 8.78 Å². The molecule has 1 aliphatic rings. The minimum Gasteiger partial charge on any atom is -0.478 e. The summed E-state index contributed by atoms with van der Waals surface area (Å²) in [5, 5.41) is 13.1. The molecule has 41 heavy (non-hydrogen) atoms. The van der Waals surface area contributed by atoms with Gasteiger partial charge >= 0.3 is 5.97 Å². The number of fused-ring (bicyclic) bond motifs is 1. The lowest BCUT2D eigenvalue weighted by Crippen LogP contribution is -2.48. The van der Waals surface area contributed by atoms with Gasteiger partial charge in [-0.25, -0.2) is 18.0 Å². The number of alkyl halides is 1. The fraction of sp³-hybridized carbons (Fsp3) is 0.281. The predicted molar refractivity (Wildman–Crippen MR) is 152 cm³/mol. The molecular weight excluding hydrogens is 529 g/mol. The molecule has 0 unspecified atom stereocenters. The van der Waals surface area contributed by atoms with Crippen molar-refractivity contribution in [2.24, 2.45) is 7.05 Å². The molecule has 0 bridgehead atoms. The number of halogens is 3. The lowest BCUT2D eigenvalue weighted by atomic mass is 9.82. The van der Waals surface area contributed by atoms with Crippen molar-refractivity contribution in [3.8, 4) is 22.4 Å². The summed E-state index contributed by atoms with van der Waals surface area (Å²) in [6.07, 6.45) is 7.95. The van der Waals surface area contributed by atoms with Gasteiger partial charge in [0.1, 0.15) is 17.3 Å². The zero-order valence-electron chi connectivity index (χ0n) is 23.3. The first kappa shape index (κ1) is 28.3. The van der Waals surface area contributed by atoms with E-state index in [1.165, 1.54) is 13.8 Å². The maximum absolute atomic E-state index is 15.6. The number of nitrogens with zero attached hydrogens (tertiary/aromatic N) is 4. The summed E-state index contributed by atoms with van der Waals surface area (Å²) in [6.45, 7) is 4.80. The second kappa shape index (κ2) is 11.0. The van der Waals surface area contributed by atoms with Gasteiger partial charge < -0.3 is 5.11 Å². The van der Waals surface area contributed by atoms with Crippen LogP contribution in [-0.2, 0) is 18.3 Å². The third-order valence-electron chi connectivity index (χ3n) is 7.30. The van der Waals surface area contributed by atoms with Crippen LogP contribution in [0.2, 0.25) is 0 Å². The lowest BCUT2D eigenvalue weighted by Gasteiger charge is -2.44. The summed E-state index contributed by atoms with van der Waals surface area (Å²) in [7, 11) is 1.84. The molecule has 2 atom stereocenters. The zero-order chi connectivity index (χ0) is 29.5. The molecule has 3 heterocycles. The predicted octanol–water partition coefficient (Wildman–Crippen LogP) is 6.61. The van der Waals surface area contributed by atoms with E-state index in [0.717, 1.165) is 52.2 Å². The number of carboxylic acids is 1. The Kier molecular flexibility index (Phi) is 7.57. The number of hydrogen-bond acceptors (Lipinski definition) is 4. The van der Waals surface area contributed by atoms with Crippen molar-refractivity contribution in [3.63, 3.8) is 0 Å². The van der Waals surface area contributed by atoms with Crippen LogP contribution in [0, 0.1) is 11.6 Å². The highest BCUT2D eigenvalue weighted by Gasteiger charge is 2.39. The molecule has 9 heteroatoms. The minimum atomic E-state index is -1.61. The number of carbonyl (C=O) groups is 1. The van der Waals surface area contributed by atoms with Crippen molar-refractivity contribution in [1.29, 1.82) is 0 Å². The third-order valence-corrected chi connectivity index (χ3v) is 7.30. The van der Waals surface area contributed by atoms with Gasteiger partial charge in [-0.1, -0.05) is 24.3 Å². The highest BCUT2D eigenvalue weighted by molar-refractivity contribution is 5.85. The van der Waals surface area contributed by atoms with Gasteiger partial charge in [0.25, 0.3) is 0 Å². The summed E-state index contributed by atoms with van der Waals surface area (Å²) in [5.41, 5.74) is 3.41. The van der Waals surface area contributed by atoms with E-state index in [0.29, 0.717) is 12.0 Å². The molecule has 1 N–H and O–H groups in total. The van der Waals surface area contributed by atoms with Crippen LogP contribution in [0.5, 0.6) is 0 Å². The highest BCUT2D eigenvalue weighted by Crippen LogP contribution is 2.42. The summed E-state index contributed by atoms with van der Waals surface area (Å²) in [4.78, 5) is 17.3.